The third-order valence-corrected chi connectivity index (χ3v) is 2.95. The molecule has 0 fully saturated rings. The SMILES string of the molecule is CCC(NCc1cc(C(C)C)no1)C(C)C. The van der Waals surface area contributed by atoms with Crippen molar-refractivity contribution >= 4 is 0 Å². The molecule has 1 N–H and O–H groups in total. The van der Waals surface area contributed by atoms with Gasteiger partial charge in [-0.2, -0.15) is 0 Å². The average molecular weight is 224 g/mol. The highest BCUT2D eigenvalue weighted by molar-refractivity contribution is 5.08. The molecule has 0 aliphatic rings. The minimum atomic E-state index is 0.435. The highest BCUT2D eigenvalue weighted by atomic mass is 16.5. The van der Waals surface area contributed by atoms with Gasteiger partial charge in [0.25, 0.3) is 0 Å². The van der Waals surface area contributed by atoms with Gasteiger partial charge in [0.15, 0.2) is 5.76 Å². The monoisotopic (exact) mass is 224 g/mol. The Bertz CT molecular complexity index is 305. The Kier molecular flexibility index (Phi) is 5.00. The molecule has 3 heteroatoms. The van der Waals surface area contributed by atoms with Gasteiger partial charge in [-0.25, -0.2) is 0 Å². The van der Waals surface area contributed by atoms with Gasteiger partial charge < -0.3 is 9.84 Å². The van der Waals surface area contributed by atoms with E-state index < -0.39 is 0 Å². The van der Waals surface area contributed by atoms with Gasteiger partial charge in [0.05, 0.1) is 12.2 Å². The van der Waals surface area contributed by atoms with E-state index in [1.54, 1.807) is 0 Å². The van der Waals surface area contributed by atoms with Crippen LogP contribution in [0, 0.1) is 5.92 Å². The van der Waals surface area contributed by atoms with Crippen molar-refractivity contribution in [3.63, 3.8) is 0 Å². The van der Waals surface area contributed by atoms with Crippen LogP contribution < -0.4 is 5.32 Å². The first-order chi connectivity index (χ1) is 7.54. The molecule has 0 radical (unpaired) electrons. The molecule has 16 heavy (non-hydrogen) atoms. The van der Waals surface area contributed by atoms with E-state index in [0.717, 1.165) is 24.4 Å². The number of nitrogens with one attached hydrogen (secondary N) is 1. The van der Waals surface area contributed by atoms with Crippen molar-refractivity contribution in [2.24, 2.45) is 5.92 Å². The molecule has 0 saturated heterocycles. The molecule has 3 nitrogen and oxygen atoms in total. The minimum absolute atomic E-state index is 0.435. The van der Waals surface area contributed by atoms with E-state index in [-0.39, 0.29) is 0 Å². The standard InChI is InChI=1S/C13H24N2O/c1-6-12(9(2)3)14-8-11-7-13(10(4)5)15-16-11/h7,9-10,12,14H,6,8H2,1-5H3. The third-order valence-electron chi connectivity index (χ3n) is 2.95. The summed E-state index contributed by atoms with van der Waals surface area (Å²) in [6.45, 7) is 11.7. The molecular formula is C13H24N2O. The lowest BCUT2D eigenvalue weighted by Gasteiger charge is -2.19. The van der Waals surface area contributed by atoms with Crippen LogP contribution in [0.5, 0.6) is 0 Å². The predicted octanol–water partition coefficient (Wildman–Crippen LogP) is 3.32. The lowest BCUT2D eigenvalue weighted by Crippen LogP contribution is -2.32. The predicted molar refractivity (Wildman–Crippen MR) is 66.3 cm³/mol. The van der Waals surface area contributed by atoms with E-state index in [9.17, 15) is 0 Å². The first-order valence-corrected chi connectivity index (χ1v) is 6.23. The summed E-state index contributed by atoms with van der Waals surface area (Å²) in [6.07, 6.45) is 1.14. The summed E-state index contributed by atoms with van der Waals surface area (Å²) in [5.41, 5.74) is 1.04. The molecule has 0 saturated carbocycles. The summed E-state index contributed by atoms with van der Waals surface area (Å²) < 4.78 is 5.29. The Hall–Kier alpha value is -0.830. The molecule has 1 unspecified atom stereocenters. The van der Waals surface area contributed by atoms with Crippen LogP contribution in [-0.4, -0.2) is 11.2 Å². The van der Waals surface area contributed by atoms with E-state index in [0.29, 0.717) is 17.9 Å². The maximum Gasteiger partial charge on any atom is 0.150 e. The van der Waals surface area contributed by atoms with Gasteiger partial charge >= 0.3 is 0 Å². The molecular weight excluding hydrogens is 200 g/mol. The van der Waals surface area contributed by atoms with E-state index in [2.05, 4.69) is 45.1 Å². The van der Waals surface area contributed by atoms with Crippen LogP contribution in [0.15, 0.2) is 10.6 Å². The van der Waals surface area contributed by atoms with Crippen LogP contribution in [-0.2, 0) is 6.54 Å². The molecule has 0 bridgehead atoms. The first kappa shape index (κ1) is 13.2. The number of rotatable bonds is 6. The van der Waals surface area contributed by atoms with Gasteiger partial charge in [-0.15, -0.1) is 0 Å². The molecule has 0 aliphatic carbocycles. The number of hydrogen-bond donors (Lipinski definition) is 1. The van der Waals surface area contributed by atoms with Crippen LogP contribution in [0.1, 0.15) is 58.4 Å². The third kappa shape index (κ3) is 3.63. The summed E-state index contributed by atoms with van der Waals surface area (Å²) in [5, 5.41) is 7.55. The van der Waals surface area contributed by atoms with Crippen molar-refractivity contribution in [3.8, 4) is 0 Å². The van der Waals surface area contributed by atoms with Gasteiger partial charge in [-0.1, -0.05) is 39.8 Å². The largest absolute Gasteiger partial charge is 0.360 e. The van der Waals surface area contributed by atoms with Crippen LogP contribution >= 0.6 is 0 Å². The Morgan fingerprint density at radius 2 is 2.00 bits per heavy atom. The van der Waals surface area contributed by atoms with Gasteiger partial charge in [0.1, 0.15) is 0 Å². The molecule has 1 aromatic heterocycles. The topological polar surface area (TPSA) is 38.1 Å². The van der Waals surface area contributed by atoms with E-state index >= 15 is 0 Å². The summed E-state index contributed by atoms with van der Waals surface area (Å²) in [7, 11) is 0. The van der Waals surface area contributed by atoms with Crippen LogP contribution in [0.25, 0.3) is 0 Å². The van der Waals surface area contributed by atoms with Crippen LogP contribution in [0.2, 0.25) is 0 Å². The second-order valence-corrected chi connectivity index (χ2v) is 5.01. The van der Waals surface area contributed by atoms with E-state index in [1.165, 1.54) is 0 Å². The van der Waals surface area contributed by atoms with E-state index in [4.69, 9.17) is 4.52 Å². The molecule has 92 valence electrons. The fourth-order valence-corrected chi connectivity index (χ4v) is 1.77. The van der Waals surface area contributed by atoms with Gasteiger partial charge in [0.2, 0.25) is 0 Å². The highest BCUT2D eigenvalue weighted by Gasteiger charge is 2.12. The maximum atomic E-state index is 5.29. The van der Waals surface area contributed by atoms with Crippen molar-refractivity contribution in [2.75, 3.05) is 0 Å². The Labute approximate surface area is 98.6 Å². The molecule has 1 aromatic rings. The molecule has 1 rings (SSSR count). The maximum absolute atomic E-state index is 5.29. The zero-order chi connectivity index (χ0) is 12.1. The Balaban J connectivity index is 2.47. The zero-order valence-corrected chi connectivity index (χ0v) is 11.1. The number of hydrogen-bond acceptors (Lipinski definition) is 3. The zero-order valence-electron chi connectivity index (χ0n) is 11.1. The second-order valence-electron chi connectivity index (χ2n) is 5.01. The van der Waals surface area contributed by atoms with Crippen molar-refractivity contribution < 1.29 is 4.52 Å². The van der Waals surface area contributed by atoms with Crippen molar-refractivity contribution in [1.82, 2.24) is 10.5 Å². The highest BCUT2D eigenvalue weighted by Crippen LogP contribution is 2.14. The summed E-state index contributed by atoms with van der Waals surface area (Å²) in [5.74, 6) is 2.02. The van der Waals surface area contributed by atoms with Crippen molar-refractivity contribution in [1.29, 1.82) is 0 Å². The first-order valence-electron chi connectivity index (χ1n) is 6.23. The average Bonchev–Trinajstić information content (AvgIpc) is 2.67. The molecule has 1 heterocycles. The second kappa shape index (κ2) is 6.04. The Morgan fingerprint density at radius 3 is 2.44 bits per heavy atom. The van der Waals surface area contributed by atoms with Crippen molar-refractivity contribution in [2.45, 2.75) is 59.5 Å². The van der Waals surface area contributed by atoms with Crippen LogP contribution in [0.3, 0.4) is 0 Å². The fourth-order valence-electron chi connectivity index (χ4n) is 1.77. The summed E-state index contributed by atoms with van der Waals surface area (Å²) >= 11 is 0. The fraction of sp³-hybridized carbons (Fsp3) is 0.769. The lowest BCUT2D eigenvalue weighted by atomic mass is 10.0. The molecule has 0 amide bonds. The van der Waals surface area contributed by atoms with Gasteiger partial charge in [0, 0.05) is 12.1 Å². The molecule has 0 spiro atoms. The quantitative estimate of drug-likeness (QED) is 0.805. The molecule has 0 aliphatic heterocycles. The van der Waals surface area contributed by atoms with E-state index in [1.807, 2.05) is 6.07 Å². The minimum Gasteiger partial charge on any atom is -0.360 e. The lowest BCUT2D eigenvalue weighted by molar-refractivity contribution is 0.332. The summed E-state index contributed by atoms with van der Waals surface area (Å²) in [6, 6.07) is 2.60. The Morgan fingerprint density at radius 1 is 1.31 bits per heavy atom. The number of aromatic nitrogens is 1. The van der Waals surface area contributed by atoms with Gasteiger partial charge in [-0.3, -0.25) is 0 Å². The number of nitrogens with zero attached hydrogens (tertiary/aromatic N) is 1. The van der Waals surface area contributed by atoms with Gasteiger partial charge in [-0.05, 0) is 18.3 Å². The van der Waals surface area contributed by atoms with Crippen molar-refractivity contribution in [3.05, 3.63) is 17.5 Å². The smallest absolute Gasteiger partial charge is 0.150 e. The molecule has 0 aromatic carbocycles. The van der Waals surface area contributed by atoms with Crippen LogP contribution in [0.4, 0.5) is 0 Å². The normalized spacial score (nSPS) is 13.7. The summed E-state index contributed by atoms with van der Waals surface area (Å²) in [4.78, 5) is 0. The molecule has 1 atom stereocenters.